The van der Waals surface area contributed by atoms with E-state index < -0.39 is 11.6 Å². The van der Waals surface area contributed by atoms with E-state index in [0.717, 1.165) is 45.3 Å². The lowest BCUT2D eigenvalue weighted by Crippen LogP contribution is -2.51. The predicted molar refractivity (Wildman–Crippen MR) is 189 cm³/mol. The smallest absolute Gasteiger partial charge is 0.319 e. The molecule has 4 aliphatic rings. The summed E-state index contributed by atoms with van der Waals surface area (Å²) in [5, 5.41) is 15.6. The average Bonchev–Trinajstić information content (AvgIpc) is 3.77. The van der Waals surface area contributed by atoms with E-state index in [9.17, 15) is 5.11 Å². The number of hydrogen-bond donors (Lipinski definition) is 2. The molecule has 4 heterocycles. The molecule has 0 amide bonds. The van der Waals surface area contributed by atoms with Crippen molar-refractivity contribution in [3.8, 4) is 35.2 Å². The van der Waals surface area contributed by atoms with Gasteiger partial charge in [-0.3, -0.25) is 4.90 Å². The predicted octanol–water partition coefficient (Wildman–Crippen LogP) is 5.93. The third-order valence-electron chi connectivity index (χ3n) is 11.1. The molecule has 8 nitrogen and oxygen atoms in total. The van der Waals surface area contributed by atoms with Crippen LogP contribution in [0.5, 0.6) is 11.8 Å². The van der Waals surface area contributed by atoms with Gasteiger partial charge in [0.15, 0.2) is 5.82 Å². The van der Waals surface area contributed by atoms with Crippen LogP contribution < -0.4 is 15.0 Å². The average molecular weight is 667 g/mol. The van der Waals surface area contributed by atoms with Crippen molar-refractivity contribution in [1.82, 2.24) is 25.1 Å². The molecule has 0 spiro atoms. The van der Waals surface area contributed by atoms with Crippen LogP contribution >= 0.6 is 0 Å². The number of hydrogen-bond acceptors (Lipinski definition) is 8. The summed E-state index contributed by atoms with van der Waals surface area (Å²) in [6.07, 6.45) is 13.7. The molecular formula is C39H44F2N6O2. The van der Waals surface area contributed by atoms with E-state index in [-0.39, 0.29) is 45.9 Å². The molecule has 256 valence electrons. The first-order valence-corrected chi connectivity index (χ1v) is 17.7. The number of nitrogens with zero attached hydrogens (tertiary/aromatic N) is 5. The van der Waals surface area contributed by atoms with Gasteiger partial charge in [0.05, 0.1) is 12.2 Å². The number of halogens is 2. The monoisotopic (exact) mass is 666 g/mol. The highest BCUT2D eigenvalue weighted by molar-refractivity contribution is 6.04. The number of aromatic nitrogens is 2. The highest BCUT2D eigenvalue weighted by atomic mass is 19.1. The van der Waals surface area contributed by atoms with E-state index in [0.29, 0.717) is 53.3 Å². The molecule has 3 aromatic carbocycles. The number of phenols is 1. The lowest BCUT2D eigenvalue weighted by atomic mass is 9.93. The fourth-order valence-electron chi connectivity index (χ4n) is 8.48. The Labute approximate surface area is 286 Å². The van der Waals surface area contributed by atoms with E-state index in [2.05, 4.69) is 45.0 Å². The normalized spacial score (nSPS) is 23.3. The Kier molecular flexibility index (Phi) is 8.33. The SMILES string of the molecule is C#Cc1cccc2cc(O)cc(-c3c(F)cc4c(N5CC6CCC(C5)N6)nc(OCC5(CN6CCCC[C@@H]6CN(C)C)CC5)nc4c3F)c12. The minimum atomic E-state index is -0.832. The van der Waals surface area contributed by atoms with Gasteiger partial charge in [0, 0.05) is 71.6 Å². The zero-order valence-electron chi connectivity index (χ0n) is 28.3. The Bertz CT molecular complexity index is 1940. The number of terminal acetylenes is 1. The van der Waals surface area contributed by atoms with Crippen molar-refractivity contribution in [3.63, 3.8) is 0 Å². The summed E-state index contributed by atoms with van der Waals surface area (Å²) in [7, 11) is 4.27. The quantitative estimate of drug-likeness (QED) is 0.213. The number of anilines is 1. The molecule has 3 aliphatic heterocycles. The Morgan fingerprint density at radius 1 is 1.08 bits per heavy atom. The number of rotatable bonds is 9. The minimum Gasteiger partial charge on any atom is -0.508 e. The molecule has 49 heavy (non-hydrogen) atoms. The van der Waals surface area contributed by atoms with Crippen LogP contribution in [-0.2, 0) is 0 Å². The lowest BCUT2D eigenvalue weighted by molar-refractivity contribution is 0.0796. The van der Waals surface area contributed by atoms with Gasteiger partial charge in [0.2, 0.25) is 0 Å². The summed E-state index contributed by atoms with van der Waals surface area (Å²) in [5.41, 5.74) is 0.361. The van der Waals surface area contributed by atoms with E-state index in [1.807, 2.05) is 0 Å². The van der Waals surface area contributed by atoms with Crippen molar-refractivity contribution in [3.05, 3.63) is 53.6 Å². The molecule has 10 heteroatoms. The van der Waals surface area contributed by atoms with Gasteiger partial charge in [0.25, 0.3) is 0 Å². The van der Waals surface area contributed by atoms with Crippen LogP contribution in [0.3, 0.4) is 0 Å². The third kappa shape index (κ3) is 6.17. The van der Waals surface area contributed by atoms with Crippen molar-refractivity contribution in [2.75, 3.05) is 58.3 Å². The molecule has 1 aliphatic carbocycles. The largest absolute Gasteiger partial charge is 0.508 e. The van der Waals surface area contributed by atoms with E-state index in [1.54, 1.807) is 24.3 Å². The Hall–Kier alpha value is -4.04. The zero-order chi connectivity index (χ0) is 33.9. The molecule has 2 N–H and O–H groups in total. The van der Waals surface area contributed by atoms with Gasteiger partial charge in [-0.25, -0.2) is 8.78 Å². The van der Waals surface area contributed by atoms with Crippen LogP contribution in [0.1, 0.15) is 50.5 Å². The van der Waals surface area contributed by atoms with Crippen LogP contribution in [0.4, 0.5) is 14.6 Å². The van der Waals surface area contributed by atoms with Crippen molar-refractivity contribution in [1.29, 1.82) is 0 Å². The van der Waals surface area contributed by atoms with Crippen molar-refractivity contribution >= 4 is 27.5 Å². The number of piperidine rings is 1. The van der Waals surface area contributed by atoms with Gasteiger partial charge in [-0.2, -0.15) is 9.97 Å². The van der Waals surface area contributed by atoms with Gasteiger partial charge in [0.1, 0.15) is 22.9 Å². The first kappa shape index (κ1) is 32.2. The van der Waals surface area contributed by atoms with E-state index >= 15 is 8.78 Å². The standard InChI is InChI=1S/C39H44F2N6O2/c1-4-24-8-7-9-25-16-29(48)17-30(33(24)25)34-32(40)18-31-36(35(34)41)43-38(44-37(31)47-19-26-11-12-27(20-47)42-26)49-23-39(13-14-39)22-46-15-6-5-10-28(46)21-45(2)3/h1,7-9,16-18,26-28,42,48H,5-6,10-15,19-23H2,2-3H3/t26?,27?,28-/m1/s1. The van der Waals surface area contributed by atoms with Crippen molar-refractivity contribution in [2.45, 2.75) is 63.1 Å². The van der Waals surface area contributed by atoms with Crippen molar-refractivity contribution < 1.29 is 18.6 Å². The second-order valence-corrected chi connectivity index (χ2v) is 15.0. The molecular weight excluding hydrogens is 622 g/mol. The van der Waals surface area contributed by atoms with Crippen LogP contribution in [0.25, 0.3) is 32.8 Å². The molecule has 3 saturated heterocycles. The van der Waals surface area contributed by atoms with Crippen LogP contribution in [-0.4, -0.2) is 96.4 Å². The van der Waals surface area contributed by atoms with Gasteiger partial charge in [-0.15, -0.1) is 6.42 Å². The Balaban J connectivity index is 1.19. The van der Waals surface area contributed by atoms with Crippen LogP contribution in [0.2, 0.25) is 0 Å². The third-order valence-corrected chi connectivity index (χ3v) is 11.1. The molecule has 1 aromatic heterocycles. The summed E-state index contributed by atoms with van der Waals surface area (Å²) in [4.78, 5) is 16.5. The summed E-state index contributed by atoms with van der Waals surface area (Å²) in [6, 6.07) is 10.7. The fraction of sp³-hybridized carbons (Fsp3) is 0.487. The van der Waals surface area contributed by atoms with Gasteiger partial charge in [-0.05, 0) is 88.8 Å². The van der Waals surface area contributed by atoms with E-state index in [1.165, 1.54) is 31.4 Å². The number of likely N-dealkylation sites (N-methyl/N-ethyl adjacent to an activating group) is 1. The first-order valence-electron chi connectivity index (χ1n) is 17.7. The molecule has 3 atom stereocenters. The highest BCUT2D eigenvalue weighted by Crippen LogP contribution is 2.48. The summed E-state index contributed by atoms with van der Waals surface area (Å²) in [6.45, 7) is 4.89. The minimum absolute atomic E-state index is 0.00709. The number of likely N-dealkylation sites (tertiary alicyclic amines) is 1. The lowest BCUT2D eigenvalue weighted by Gasteiger charge is -2.39. The molecule has 4 aromatic rings. The maximum Gasteiger partial charge on any atom is 0.319 e. The number of aromatic hydroxyl groups is 1. The zero-order valence-corrected chi connectivity index (χ0v) is 28.3. The molecule has 0 radical (unpaired) electrons. The van der Waals surface area contributed by atoms with Gasteiger partial charge >= 0.3 is 6.01 Å². The second-order valence-electron chi connectivity index (χ2n) is 15.0. The Morgan fingerprint density at radius 3 is 2.61 bits per heavy atom. The molecule has 2 bridgehead atoms. The van der Waals surface area contributed by atoms with Crippen LogP contribution in [0.15, 0.2) is 36.4 Å². The Morgan fingerprint density at radius 2 is 1.88 bits per heavy atom. The molecule has 4 fully saturated rings. The number of piperazine rings is 1. The highest BCUT2D eigenvalue weighted by Gasteiger charge is 2.46. The maximum atomic E-state index is 17.0. The topological polar surface area (TPSA) is 77.0 Å². The first-order chi connectivity index (χ1) is 23.7. The number of ether oxygens (including phenoxy) is 1. The molecule has 1 saturated carbocycles. The second kappa shape index (κ2) is 12.7. The van der Waals surface area contributed by atoms with Gasteiger partial charge in [-0.1, -0.05) is 24.5 Å². The fourth-order valence-corrected chi connectivity index (χ4v) is 8.48. The van der Waals surface area contributed by atoms with Crippen LogP contribution in [0, 0.1) is 29.4 Å². The number of nitrogens with one attached hydrogen (secondary N) is 1. The summed E-state index contributed by atoms with van der Waals surface area (Å²) >= 11 is 0. The molecule has 2 unspecified atom stereocenters. The maximum absolute atomic E-state index is 17.0. The van der Waals surface area contributed by atoms with Gasteiger partial charge < -0.3 is 25.0 Å². The van der Waals surface area contributed by atoms with E-state index in [4.69, 9.17) is 16.1 Å². The molecule has 8 rings (SSSR count). The summed E-state index contributed by atoms with van der Waals surface area (Å²) in [5.74, 6) is 1.40. The number of fused-ring (bicyclic) bond motifs is 4. The number of benzene rings is 3. The number of phenolic OH excluding ortho intramolecular Hbond substituents is 1. The summed E-state index contributed by atoms with van der Waals surface area (Å²) < 4.78 is 39.7. The van der Waals surface area contributed by atoms with Crippen molar-refractivity contribution in [2.24, 2.45) is 5.41 Å².